The third-order valence-corrected chi connectivity index (χ3v) is 3.18. The van der Waals surface area contributed by atoms with Crippen LogP contribution in [0.2, 0.25) is 0 Å². The van der Waals surface area contributed by atoms with Gasteiger partial charge in [-0.3, -0.25) is 14.6 Å². The van der Waals surface area contributed by atoms with Gasteiger partial charge in [0.2, 0.25) is 5.91 Å². The van der Waals surface area contributed by atoms with Crippen molar-refractivity contribution in [2.45, 2.75) is 19.4 Å². The predicted octanol–water partition coefficient (Wildman–Crippen LogP) is 0.0144. The highest BCUT2D eigenvalue weighted by Crippen LogP contribution is 2.22. The average Bonchev–Trinajstić information content (AvgIpc) is 2.32. The Morgan fingerprint density at radius 1 is 1.56 bits per heavy atom. The van der Waals surface area contributed by atoms with Gasteiger partial charge in [-0.2, -0.15) is 0 Å². The summed E-state index contributed by atoms with van der Waals surface area (Å²) in [6, 6.07) is 1.57. The monoisotopic (exact) mass is 248 g/mol. The minimum atomic E-state index is -0.877. The molecule has 96 valence electrons. The molecule has 2 heterocycles. The van der Waals surface area contributed by atoms with Gasteiger partial charge in [-0.15, -0.1) is 0 Å². The zero-order valence-corrected chi connectivity index (χ0v) is 10.4. The van der Waals surface area contributed by atoms with Gasteiger partial charge in [-0.1, -0.05) is 0 Å². The summed E-state index contributed by atoms with van der Waals surface area (Å²) >= 11 is 0. The number of carbonyl (C=O) groups is 2. The van der Waals surface area contributed by atoms with Gasteiger partial charge in [0.1, 0.15) is 5.54 Å². The smallest absolute Gasteiger partial charge is 0.258 e. The Hall–Kier alpha value is -2.11. The number of nitrogens with one attached hydrogen (secondary N) is 1. The van der Waals surface area contributed by atoms with Crippen LogP contribution in [-0.4, -0.2) is 40.3 Å². The number of aromatic nitrogens is 1. The van der Waals surface area contributed by atoms with Crippen molar-refractivity contribution in [2.24, 2.45) is 0 Å². The van der Waals surface area contributed by atoms with E-state index in [0.717, 1.165) is 0 Å². The van der Waals surface area contributed by atoms with E-state index in [-0.39, 0.29) is 11.8 Å². The highest BCUT2D eigenvalue weighted by molar-refractivity contribution is 6.02. The van der Waals surface area contributed by atoms with Crippen LogP contribution in [0.4, 0.5) is 5.69 Å². The first kappa shape index (κ1) is 12.3. The SMILES string of the molecule is CC1(C)C(=O)NCCN1C(=O)c1cnccc1N. The first-order valence-electron chi connectivity index (χ1n) is 5.74. The molecule has 0 unspecified atom stereocenters. The van der Waals surface area contributed by atoms with Crippen LogP contribution >= 0.6 is 0 Å². The number of rotatable bonds is 1. The number of amides is 2. The van der Waals surface area contributed by atoms with Gasteiger partial charge >= 0.3 is 0 Å². The number of piperazine rings is 1. The Bertz CT molecular complexity index is 499. The highest BCUT2D eigenvalue weighted by Gasteiger charge is 2.41. The van der Waals surface area contributed by atoms with Crippen molar-refractivity contribution in [3.05, 3.63) is 24.0 Å². The maximum atomic E-state index is 12.4. The van der Waals surface area contributed by atoms with E-state index in [9.17, 15) is 9.59 Å². The van der Waals surface area contributed by atoms with E-state index in [1.54, 1.807) is 19.9 Å². The number of nitrogens with two attached hydrogens (primary N) is 1. The Kier molecular flexibility index (Phi) is 2.94. The molecular weight excluding hydrogens is 232 g/mol. The summed E-state index contributed by atoms with van der Waals surface area (Å²) in [6.45, 7) is 4.35. The second kappa shape index (κ2) is 4.29. The van der Waals surface area contributed by atoms with Gasteiger partial charge in [-0.05, 0) is 19.9 Å². The molecule has 2 amide bonds. The topological polar surface area (TPSA) is 88.3 Å². The number of carbonyl (C=O) groups excluding carboxylic acids is 2. The van der Waals surface area contributed by atoms with Gasteiger partial charge in [0.15, 0.2) is 0 Å². The molecule has 3 N–H and O–H groups in total. The van der Waals surface area contributed by atoms with Gasteiger partial charge in [0.25, 0.3) is 5.91 Å². The fourth-order valence-electron chi connectivity index (χ4n) is 1.98. The summed E-state index contributed by atoms with van der Waals surface area (Å²) in [6.07, 6.45) is 2.96. The summed E-state index contributed by atoms with van der Waals surface area (Å²) in [4.78, 5) is 29.6. The molecule has 2 rings (SSSR count). The van der Waals surface area contributed by atoms with Crippen molar-refractivity contribution < 1.29 is 9.59 Å². The van der Waals surface area contributed by atoms with Crippen molar-refractivity contribution >= 4 is 17.5 Å². The quantitative estimate of drug-likeness (QED) is 0.733. The molecule has 0 spiro atoms. The summed E-state index contributed by atoms with van der Waals surface area (Å²) in [5.41, 5.74) is 5.59. The maximum absolute atomic E-state index is 12.4. The van der Waals surface area contributed by atoms with E-state index < -0.39 is 5.54 Å². The molecule has 1 aromatic rings. The largest absolute Gasteiger partial charge is 0.398 e. The Labute approximate surface area is 105 Å². The third kappa shape index (κ3) is 1.90. The maximum Gasteiger partial charge on any atom is 0.258 e. The summed E-state index contributed by atoms with van der Waals surface area (Å²) in [7, 11) is 0. The van der Waals surface area contributed by atoms with Crippen LogP contribution in [0.25, 0.3) is 0 Å². The molecule has 1 aromatic heterocycles. The zero-order chi connectivity index (χ0) is 13.3. The molecule has 18 heavy (non-hydrogen) atoms. The number of hydrogen-bond acceptors (Lipinski definition) is 4. The predicted molar refractivity (Wildman–Crippen MR) is 66.8 cm³/mol. The lowest BCUT2D eigenvalue weighted by atomic mass is 9.97. The third-order valence-electron chi connectivity index (χ3n) is 3.18. The molecule has 0 aromatic carbocycles. The van der Waals surface area contributed by atoms with Gasteiger partial charge in [0, 0.05) is 31.2 Å². The van der Waals surface area contributed by atoms with Crippen molar-refractivity contribution in [3.63, 3.8) is 0 Å². The van der Waals surface area contributed by atoms with E-state index in [1.807, 2.05) is 0 Å². The summed E-state index contributed by atoms with van der Waals surface area (Å²) in [5, 5.41) is 2.74. The van der Waals surface area contributed by atoms with Crippen LogP contribution in [0, 0.1) is 0 Å². The van der Waals surface area contributed by atoms with E-state index in [4.69, 9.17) is 5.73 Å². The van der Waals surface area contributed by atoms with E-state index in [0.29, 0.717) is 24.3 Å². The first-order chi connectivity index (χ1) is 8.44. The van der Waals surface area contributed by atoms with E-state index in [2.05, 4.69) is 10.3 Å². The van der Waals surface area contributed by atoms with E-state index in [1.165, 1.54) is 17.3 Å². The molecule has 0 saturated carbocycles. The van der Waals surface area contributed by atoms with Crippen molar-refractivity contribution in [2.75, 3.05) is 18.8 Å². The Morgan fingerprint density at radius 2 is 2.28 bits per heavy atom. The van der Waals surface area contributed by atoms with Gasteiger partial charge in [-0.25, -0.2) is 0 Å². The van der Waals surface area contributed by atoms with E-state index >= 15 is 0 Å². The van der Waals surface area contributed by atoms with Gasteiger partial charge in [0.05, 0.1) is 5.56 Å². The number of anilines is 1. The second-order valence-electron chi connectivity index (χ2n) is 4.73. The van der Waals surface area contributed by atoms with Crippen LogP contribution < -0.4 is 11.1 Å². The molecule has 0 aliphatic carbocycles. The van der Waals surface area contributed by atoms with Crippen molar-refractivity contribution in [1.29, 1.82) is 0 Å². The summed E-state index contributed by atoms with van der Waals surface area (Å²) in [5.74, 6) is -0.426. The van der Waals surface area contributed by atoms with Crippen LogP contribution in [-0.2, 0) is 4.79 Å². The van der Waals surface area contributed by atoms with Crippen LogP contribution in [0.3, 0.4) is 0 Å². The zero-order valence-electron chi connectivity index (χ0n) is 10.4. The van der Waals surface area contributed by atoms with Gasteiger partial charge < -0.3 is 16.0 Å². The van der Waals surface area contributed by atoms with Crippen LogP contribution in [0.1, 0.15) is 24.2 Å². The molecule has 1 fully saturated rings. The molecule has 0 bridgehead atoms. The molecule has 1 aliphatic heterocycles. The number of pyridine rings is 1. The van der Waals surface area contributed by atoms with Crippen molar-refractivity contribution in [1.82, 2.24) is 15.2 Å². The molecule has 1 saturated heterocycles. The second-order valence-corrected chi connectivity index (χ2v) is 4.73. The number of nitrogens with zero attached hydrogens (tertiary/aromatic N) is 2. The average molecular weight is 248 g/mol. The Balaban J connectivity index is 2.34. The molecule has 0 atom stereocenters. The molecule has 6 heteroatoms. The normalized spacial score (nSPS) is 18.3. The minimum absolute atomic E-state index is 0.162. The lowest BCUT2D eigenvalue weighted by molar-refractivity contribution is -0.133. The molecule has 0 radical (unpaired) electrons. The van der Waals surface area contributed by atoms with Crippen LogP contribution in [0.5, 0.6) is 0 Å². The summed E-state index contributed by atoms with van der Waals surface area (Å²) < 4.78 is 0. The highest BCUT2D eigenvalue weighted by atomic mass is 16.2. The minimum Gasteiger partial charge on any atom is -0.398 e. The van der Waals surface area contributed by atoms with Crippen LogP contribution in [0.15, 0.2) is 18.5 Å². The molecular formula is C12H16N4O2. The molecule has 1 aliphatic rings. The lowest BCUT2D eigenvalue weighted by Gasteiger charge is -2.41. The number of nitrogen functional groups attached to an aromatic ring is 1. The molecule has 6 nitrogen and oxygen atoms in total. The fraction of sp³-hybridized carbons (Fsp3) is 0.417. The fourth-order valence-corrected chi connectivity index (χ4v) is 1.98. The van der Waals surface area contributed by atoms with Crippen molar-refractivity contribution in [3.8, 4) is 0 Å². The lowest BCUT2D eigenvalue weighted by Crippen LogP contribution is -2.63. The standard InChI is InChI=1S/C12H16N4O2/c1-12(2)11(18)15-5-6-16(12)10(17)8-7-14-4-3-9(8)13/h3-4,7H,5-6H2,1-2H3,(H2,13,14)(H,15,18). The Morgan fingerprint density at radius 3 is 2.94 bits per heavy atom. The number of hydrogen-bond donors (Lipinski definition) is 2. The first-order valence-corrected chi connectivity index (χ1v) is 5.74.